The fourth-order valence-corrected chi connectivity index (χ4v) is 3.95. The number of nitrogens with zero attached hydrogens (tertiary/aromatic N) is 3. The molecule has 0 aliphatic carbocycles. The number of hydrogen-bond acceptors (Lipinski definition) is 4. The lowest BCUT2D eigenvalue weighted by Crippen LogP contribution is -2.30. The maximum Gasteiger partial charge on any atom is 0.264 e. The summed E-state index contributed by atoms with van der Waals surface area (Å²) in [6, 6.07) is 7.90. The van der Waals surface area contributed by atoms with Crippen LogP contribution in [0.4, 0.5) is 5.82 Å². The van der Waals surface area contributed by atoms with Crippen LogP contribution in [0.3, 0.4) is 0 Å². The van der Waals surface area contributed by atoms with Crippen molar-refractivity contribution in [2.24, 2.45) is 0 Å². The van der Waals surface area contributed by atoms with Gasteiger partial charge in [-0.15, -0.1) is 11.3 Å². The van der Waals surface area contributed by atoms with E-state index in [1.807, 2.05) is 54.0 Å². The van der Waals surface area contributed by atoms with E-state index in [-0.39, 0.29) is 11.9 Å². The highest BCUT2D eigenvalue weighted by Crippen LogP contribution is 2.34. The standard InChI is InChI=1S/C17H18N4OS/c1-18-16-14-6-2-8-20(14)11-12(19-16)13-5-3-9-21(13)17(22)15-7-4-10-23-15/h2,4,6-8,10-11,13H,3,5,9H2,1H3,(H,18,19)/t13-/m1/s1. The minimum atomic E-state index is 0.0449. The van der Waals surface area contributed by atoms with Crippen molar-refractivity contribution in [2.75, 3.05) is 18.9 Å². The lowest BCUT2D eigenvalue weighted by Gasteiger charge is -2.24. The number of rotatable bonds is 3. The molecule has 1 saturated heterocycles. The molecule has 23 heavy (non-hydrogen) atoms. The molecule has 1 fully saturated rings. The largest absolute Gasteiger partial charge is 0.371 e. The predicted octanol–water partition coefficient (Wildman–Crippen LogP) is 3.41. The van der Waals surface area contributed by atoms with E-state index in [9.17, 15) is 4.79 Å². The zero-order valence-electron chi connectivity index (χ0n) is 12.9. The van der Waals surface area contributed by atoms with Gasteiger partial charge in [-0.05, 0) is 36.4 Å². The number of carbonyl (C=O) groups excluding carboxylic acids is 1. The topological polar surface area (TPSA) is 49.6 Å². The average molecular weight is 326 g/mol. The third kappa shape index (κ3) is 2.39. The van der Waals surface area contributed by atoms with Crippen molar-refractivity contribution in [2.45, 2.75) is 18.9 Å². The van der Waals surface area contributed by atoms with Gasteiger partial charge in [-0.1, -0.05) is 6.07 Å². The number of amides is 1. The lowest BCUT2D eigenvalue weighted by molar-refractivity contribution is 0.0737. The molecule has 5 nitrogen and oxygen atoms in total. The molecule has 6 heteroatoms. The molecule has 3 aromatic heterocycles. The number of hydrogen-bond donors (Lipinski definition) is 1. The lowest BCUT2D eigenvalue weighted by atomic mass is 10.1. The molecule has 1 aliphatic rings. The molecule has 4 heterocycles. The summed E-state index contributed by atoms with van der Waals surface area (Å²) in [7, 11) is 1.88. The summed E-state index contributed by atoms with van der Waals surface area (Å²) in [5.74, 6) is 0.964. The Labute approximate surface area is 138 Å². The van der Waals surface area contributed by atoms with Gasteiger partial charge in [0.2, 0.25) is 0 Å². The van der Waals surface area contributed by atoms with Gasteiger partial charge in [-0.2, -0.15) is 0 Å². The van der Waals surface area contributed by atoms with Gasteiger partial charge < -0.3 is 14.6 Å². The Morgan fingerprint density at radius 3 is 3.09 bits per heavy atom. The average Bonchev–Trinajstić information content (AvgIpc) is 3.33. The Bertz CT molecular complexity index is 840. The minimum Gasteiger partial charge on any atom is -0.371 e. The third-order valence-corrected chi connectivity index (χ3v) is 5.22. The van der Waals surface area contributed by atoms with Crippen LogP contribution in [0, 0.1) is 0 Å². The van der Waals surface area contributed by atoms with E-state index in [2.05, 4.69) is 9.72 Å². The molecule has 0 radical (unpaired) electrons. The van der Waals surface area contributed by atoms with Gasteiger partial charge in [0.15, 0.2) is 0 Å². The van der Waals surface area contributed by atoms with Gasteiger partial charge in [0.1, 0.15) is 5.82 Å². The first-order chi connectivity index (χ1) is 11.3. The Morgan fingerprint density at radius 1 is 1.39 bits per heavy atom. The predicted molar refractivity (Wildman–Crippen MR) is 92.1 cm³/mol. The van der Waals surface area contributed by atoms with Crippen molar-refractivity contribution in [3.05, 3.63) is 52.6 Å². The molecule has 0 bridgehead atoms. The number of fused-ring (bicyclic) bond motifs is 1. The van der Waals surface area contributed by atoms with E-state index in [1.54, 1.807) is 0 Å². The first-order valence-electron chi connectivity index (χ1n) is 7.78. The van der Waals surface area contributed by atoms with E-state index in [0.29, 0.717) is 0 Å². The molecule has 1 aliphatic heterocycles. The number of carbonyl (C=O) groups is 1. The van der Waals surface area contributed by atoms with Gasteiger partial charge in [0, 0.05) is 26.0 Å². The Hall–Kier alpha value is -2.34. The van der Waals surface area contributed by atoms with E-state index in [0.717, 1.165) is 41.3 Å². The second kappa shape index (κ2) is 5.70. The van der Waals surface area contributed by atoms with Crippen molar-refractivity contribution in [1.82, 2.24) is 14.3 Å². The maximum absolute atomic E-state index is 12.7. The number of likely N-dealkylation sites (tertiary alicyclic amines) is 1. The second-order valence-electron chi connectivity index (χ2n) is 5.70. The summed E-state index contributed by atoms with van der Waals surface area (Å²) in [6.45, 7) is 0.793. The number of nitrogens with one attached hydrogen (secondary N) is 1. The van der Waals surface area contributed by atoms with Gasteiger partial charge in [-0.25, -0.2) is 4.98 Å². The molecule has 0 saturated carbocycles. The zero-order valence-corrected chi connectivity index (χ0v) is 13.7. The normalized spacial score (nSPS) is 17.8. The molecule has 1 atom stereocenters. The van der Waals surface area contributed by atoms with Crippen LogP contribution in [0.25, 0.3) is 5.52 Å². The van der Waals surface area contributed by atoms with Crippen LogP contribution >= 0.6 is 11.3 Å². The van der Waals surface area contributed by atoms with Crippen molar-refractivity contribution in [3.63, 3.8) is 0 Å². The van der Waals surface area contributed by atoms with Gasteiger partial charge in [-0.3, -0.25) is 4.79 Å². The Kier molecular flexibility index (Phi) is 3.53. The van der Waals surface area contributed by atoms with Crippen LogP contribution < -0.4 is 5.32 Å². The summed E-state index contributed by atoms with van der Waals surface area (Å²) >= 11 is 1.50. The molecule has 1 N–H and O–H groups in total. The van der Waals surface area contributed by atoms with Crippen LogP contribution in [-0.2, 0) is 0 Å². The van der Waals surface area contributed by atoms with Crippen molar-refractivity contribution in [1.29, 1.82) is 0 Å². The van der Waals surface area contributed by atoms with E-state index in [4.69, 9.17) is 4.98 Å². The summed E-state index contributed by atoms with van der Waals surface area (Å²) in [5, 5.41) is 5.10. The van der Waals surface area contributed by atoms with Gasteiger partial charge in [0.25, 0.3) is 5.91 Å². The summed E-state index contributed by atoms with van der Waals surface area (Å²) in [5.41, 5.74) is 1.99. The quantitative estimate of drug-likeness (QED) is 0.802. The molecule has 4 rings (SSSR count). The zero-order chi connectivity index (χ0) is 15.8. The smallest absolute Gasteiger partial charge is 0.264 e. The number of anilines is 1. The monoisotopic (exact) mass is 326 g/mol. The maximum atomic E-state index is 12.7. The van der Waals surface area contributed by atoms with E-state index < -0.39 is 0 Å². The highest BCUT2D eigenvalue weighted by Gasteiger charge is 2.32. The fourth-order valence-electron chi connectivity index (χ4n) is 3.27. The highest BCUT2D eigenvalue weighted by atomic mass is 32.1. The summed E-state index contributed by atoms with van der Waals surface area (Å²) in [6.07, 6.45) is 6.03. The minimum absolute atomic E-state index is 0.0449. The van der Waals surface area contributed by atoms with Crippen molar-refractivity contribution >= 4 is 28.6 Å². The fraction of sp³-hybridized carbons (Fsp3) is 0.294. The molecule has 3 aromatic rings. The van der Waals surface area contributed by atoms with E-state index in [1.165, 1.54) is 11.3 Å². The van der Waals surface area contributed by atoms with Crippen LogP contribution in [0.2, 0.25) is 0 Å². The van der Waals surface area contributed by atoms with Crippen LogP contribution in [0.1, 0.15) is 34.2 Å². The molecule has 1 amide bonds. The first-order valence-corrected chi connectivity index (χ1v) is 8.66. The molecular formula is C17H18N4OS. The molecular weight excluding hydrogens is 308 g/mol. The number of aromatic nitrogens is 2. The van der Waals surface area contributed by atoms with Crippen LogP contribution in [0.5, 0.6) is 0 Å². The Morgan fingerprint density at radius 2 is 2.30 bits per heavy atom. The summed E-state index contributed by atoms with van der Waals surface area (Å²) < 4.78 is 2.07. The van der Waals surface area contributed by atoms with Gasteiger partial charge in [0.05, 0.1) is 22.1 Å². The molecule has 0 aromatic carbocycles. The van der Waals surface area contributed by atoms with Crippen LogP contribution in [-0.4, -0.2) is 33.8 Å². The molecule has 118 valence electrons. The van der Waals surface area contributed by atoms with E-state index >= 15 is 0 Å². The Balaban J connectivity index is 1.72. The molecule has 0 unspecified atom stereocenters. The second-order valence-corrected chi connectivity index (χ2v) is 6.65. The third-order valence-electron chi connectivity index (χ3n) is 4.36. The number of thiophene rings is 1. The first kappa shape index (κ1) is 14.3. The molecule has 0 spiro atoms. The van der Waals surface area contributed by atoms with Crippen molar-refractivity contribution in [3.8, 4) is 0 Å². The van der Waals surface area contributed by atoms with Crippen LogP contribution in [0.15, 0.2) is 42.0 Å². The van der Waals surface area contributed by atoms with Crippen molar-refractivity contribution < 1.29 is 4.79 Å². The van der Waals surface area contributed by atoms with Gasteiger partial charge >= 0.3 is 0 Å². The SMILES string of the molecule is CNc1nc([C@H]2CCCN2C(=O)c2cccs2)cn2cccc12. The highest BCUT2D eigenvalue weighted by molar-refractivity contribution is 7.12. The summed E-state index contributed by atoms with van der Waals surface area (Å²) in [4.78, 5) is 20.3.